The number of aryl methyl sites for hydroxylation is 1. The number of hydrogen-bond acceptors (Lipinski definition) is 5. The fourth-order valence-electron chi connectivity index (χ4n) is 2.80. The number of aromatic nitrogens is 2. The summed E-state index contributed by atoms with van der Waals surface area (Å²) in [6, 6.07) is 5.08. The van der Waals surface area contributed by atoms with Crippen LogP contribution in [-0.2, 0) is 24.1 Å². The van der Waals surface area contributed by atoms with E-state index >= 15 is 0 Å². The molecule has 1 atom stereocenters. The second-order valence-electron chi connectivity index (χ2n) is 6.16. The Morgan fingerprint density at radius 2 is 1.92 bits per heavy atom. The highest BCUT2D eigenvalue weighted by atomic mass is 35.5. The summed E-state index contributed by atoms with van der Waals surface area (Å²) in [6.07, 6.45) is 1.69. The molecule has 2 aromatic rings. The Morgan fingerprint density at radius 3 is 2.62 bits per heavy atom. The van der Waals surface area contributed by atoms with E-state index in [0.717, 1.165) is 20.2 Å². The second kappa shape index (κ2) is 6.79. The van der Waals surface area contributed by atoms with Gasteiger partial charge in [0.25, 0.3) is 15.6 Å². The molecular formula is C16H18ClN3O4S2. The molecule has 7 nitrogen and oxygen atoms in total. The van der Waals surface area contributed by atoms with Crippen molar-refractivity contribution in [3.8, 4) is 0 Å². The molecule has 0 spiro atoms. The average Bonchev–Trinajstić information content (AvgIpc) is 2.74. The predicted molar refractivity (Wildman–Crippen MR) is 103 cm³/mol. The molecule has 0 radical (unpaired) electrons. The fourth-order valence-corrected chi connectivity index (χ4v) is 5.76. The molecule has 0 bridgehead atoms. The number of thioether (sulfide) groups is 1. The van der Waals surface area contributed by atoms with E-state index in [4.69, 9.17) is 11.6 Å². The second-order valence-corrected chi connectivity index (χ2v) is 9.90. The summed E-state index contributed by atoms with van der Waals surface area (Å²) in [7, 11) is -1.50. The summed E-state index contributed by atoms with van der Waals surface area (Å²) in [5.41, 5.74) is -0.984. The molecule has 0 saturated heterocycles. The Morgan fingerprint density at radius 1 is 1.23 bits per heavy atom. The molecule has 10 heteroatoms. The van der Waals surface area contributed by atoms with E-state index in [2.05, 4.69) is 0 Å². The van der Waals surface area contributed by atoms with Gasteiger partial charge in [0.2, 0.25) is 0 Å². The van der Waals surface area contributed by atoms with E-state index < -0.39 is 26.2 Å². The number of rotatable bonds is 2. The third kappa shape index (κ3) is 3.19. The maximum absolute atomic E-state index is 13.3. The van der Waals surface area contributed by atoms with Crippen LogP contribution in [0.5, 0.6) is 0 Å². The minimum atomic E-state index is -4.16. The average molecular weight is 416 g/mol. The normalized spacial score (nSPS) is 17.7. The van der Waals surface area contributed by atoms with E-state index in [9.17, 15) is 18.0 Å². The molecule has 1 aromatic carbocycles. The van der Waals surface area contributed by atoms with E-state index in [1.807, 2.05) is 6.92 Å². The minimum absolute atomic E-state index is 0.207. The third-order valence-corrected chi connectivity index (χ3v) is 7.51. The Labute approximate surface area is 160 Å². The molecule has 1 aliphatic heterocycles. The van der Waals surface area contributed by atoms with Crippen molar-refractivity contribution < 1.29 is 8.42 Å². The van der Waals surface area contributed by atoms with E-state index in [-0.39, 0.29) is 11.8 Å². The highest BCUT2D eigenvalue weighted by Gasteiger charge is 2.33. The van der Waals surface area contributed by atoms with Crippen molar-refractivity contribution in [1.82, 2.24) is 9.13 Å². The molecular weight excluding hydrogens is 398 g/mol. The SMILES string of the molecule is C[C@H]1CCN(S(=O)(=O)c2cn(C)c(=O)n(C)c2=O)c2cc(Cl)ccc2S1. The van der Waals surface area contributed by atoms with Gasteiger partial charge in [0, 0.05) is 42.0 Å². The van der Waals surface area contributed by atoms with Crippen LogP contribution >= 0.6 is 23.4 Å². The smallest absolute Gasteiger partial charge is 0.302 e. The number of sulfonamides is 1. The van der Waals surface area contributed by atoms with Gasteiger partial charge >= 0.3 is 5.69 Å². The first-order valence-corrected chi connectivity index (χ1v) is 10.6. The zero-order chi connectivity index (χ0) is 19.2. The lowest BCUT2D eigenvalue weighted by atomic mass is 10.3. The summed E-state index contributed by atoms with van der Waals surface area (Å²) < 4.78 is 29.7. The van der Waals surface area contributed by atoms with Gasteiger partial charge in [0.1, 0.15) is 0 Å². The molecule has 0 saturated carbocycles. The monoisotopic (exact) mass is 415 g/mol. The first kappa shape index (κ1) is 19.1. The molecule has 0 aliphatic carbocycles. The van der Waals surface area contributed by atoms with Crippen LogP contribution in [0.4, 0.5) is 5.69 Å². The van der Waals surface area contributed by atoms with Crippen LogP contribution in [0, 0.1) is 0 Å². The zero-order valence-electron chi connectivity index (χ0n) is 14.5. The van der Waals surface area contributed by atoms with Gasteiger partial charge < -0.3 is 4.57 Å². The first-order valence-electron chi connectivity index (χ1n) is 7.88. The lowest BCUT2D eigenvalue weighted by Crippen LogP contribution is -2.43. The maximum Gasteiger partial charge on any atom is 0.330 e. The van der Waals surface area contributed by atoms with Crippen LogP contribution in [0.3, 0.4) is 0 Å². The van der Waals surface area contributed by atoms with Crippen molar-refractivity contribution in [2.75, 3.05) is 10.8 Å². The largest absolute Gasteiger partial charge is 0.330 e. The summed E-state index contributed by atoms with van der Waals surface area (Å²) in [5.74, 6) is 0. The van der Waals surface area contributed by atoms with Gasteiger partial charge in [-0.15, -0.1) is 11.8 Å². The summed E-state index contributed by atoms with van der Waals surface area (Å²) in [4.78, 5) is 24.7. The highest BCUT2D eigenvalue weighted by Crippen LogP contribution is 2.40. The zero-order valence-corrected chi connectivity index (χ0v) is 16.9. The van der Waals surface area contributed by atoms with Crippen LogP contribution in [0.2, 0.25) is 5.02 Å². The van der Waals surface area contributed by atoms with E-state index in [1.165, 1.54) is 18.4 Å². The van der Waals surface area contributed by atoms with Crippen LogP contribution in [0.15, 0.2) is 43.8 Å². The van der Waals surface area contributed by atoms with Gasteiger partial charge in [-0.2, -0.15) is 0 Å². The van der Waals surface area contributed by atoms with Gasteiger partial charge in [-0.05, 0) is 24.6 Å². The Kier molecular flexibility index (Phi) is 4.98. The molecule has 140 valence electrons. The maximum atomic E-state index is 13.3. The summed E-state index contributed by atoms with van der Waals surface area (Å²) >= 11 is 7.65. The van der Waals surface area contributed by atoms with Gasteiger partial charge in [0.05, 0.1) is 5.69 Å². The molecule has 2 heterocycles. The first-order chi connectivity index (χ1) is 12.1. The van der Waals surface area contributed by atoms with E-state index in [1.54, 1.807) is 30.0 Å². The number of nitrogens with zero attached hydrogens (tertiary/aromatic N) is 3. The lowest BCUT2D eigenvalue weighted by molar-refractivity contribution is 0.578. The van der Waals surface area contributed by atoms with Crippen molar-refractivity contribution in [1.29, 1.82) is 0 Å². The topological polar surface area (TPSA) is 81.4 Å². The number of hydrogen-bond donors (Lipinski definition) is 0. The van der Waals surface area contributed by atoms with Gasteiger partial charge in [-0.1, -0.05) is 18.5 Å². The van der Waals surface area contributed by atoms with Crippen molar-refractivity contribution >= 4 is 39.1 Å². The van der Waals surface area contributed by atoms with Gasteiger partial charge in [-0.25, -0.2) is 13.2 Å². The quantitative estimate of drug-likeness (QED) is 0.747. The van der Waals surface area contributed by atoms with Crippen LogP contribution < -0.4 is 15.6 Å². The summed E-state index contributed by atoms with van der Waals surface area (Å²) in [5, 5.41) is 0.616. The van der Waals surface area contributed by atoms with Crippen LogP contribution in [0.1, 0.15) is 13.3 Å². The molecule has 1 aromatic heterocycles. The highest BCUT2D eigenvalue weighted by molar-refractivity contribution is 8.00. The molecule has 0 fully saturated rings. The minimum Gasteiger partial charge on any atom is -0.302 e. The number of benzene rings is 1. The van der Waals surface area contributed by atoms with Crippen molar-refractivity contribution in [3.63, 3.8) is 0 Å². The number of halogens is 1. The molecule has 0 N–H and O–H groups in total. The molecule has 0 unspecified atom stereocenters. The van der Waals surface area contributed by atoms with Gasteiger partial charge in [0.15, 0.2) is 4.90 Å². The van der Waals surface area contributed by atoms with E-state index in [0.29, 0.717) is 17.1 Å². The Hall–Kier alpha value is -1.71. The molecule has 26 heavy (non-hydrogen) atoms. The standard InChI is InChI=1S/C16H18ClN3O4S2/c1-10-6-7-20(12-8-11(17)4-5-13(12)25-10)26(23,24)14-9-18(2)16(22)19(3)15(14)21/h4-5,8-10H,6-7H2,1-3H3/t10-/m0/s1. The Balaban J connectivity index is 2.25. The van der Waals surface area contributed by atoms with Crippen LogP contribution in [-0.4, -0.2) is 29.3 Å². The van der Waals surface area contributed by atoms with Gasteiger partial charge in [-0.3, -0.25) is 13.7 Å². The van der Waals surface area contributed by atoms with Crippen LogP contribution in [0.25, 0.3) is 0 Å². The number of fused-ring (bicyclic) bond motifs is 1. The van der Waals surface area contributed by atoms with Crippen molar-refractivity contribution in [2.24, 2.45) is 14.1 Å². The fraction of sp³-hybridized carbons (Fsp3) is 0.375. The molecule has 1 aliphatic rings. The van der Waals surface area contributed by atoms with Crippen molar-refractivity contribution in [2.45, 2.75) is 28.4 Å². The number of anilines is 1. The Bertz CT molecular complexity index is 1090. The predicted octanol–water partition coefficient (Wildman–Crippen LogP) is 1.82. The summed E-state index contributed by atoms with van der Waals surface area (Å²) in [6.45, 7) is 2.24. The third-order valence-electron chi connectivity index (χ3n) is 4.24. The lowest BCUT2D eigenvalue weighted by Gasteiger charge is -2.24. The van der Waals surface area contributed by atoms with Crippen molar-refractivity contribution in [3.05, 3.63) is 50.3 Å². The molecule has 0 amide bonds. The molecule has 3 rings (SSSR count).